The summed E-state index contributed by atoms with van der Waals surface area (Å²) in [6.07, 6.45) is 6.63. The first-order valence-corrected chi connectivity index (χ1v) is 9.70. The number of nitrogens with zero attached hydrogens (tertiary/aromatic N) is 4. The molecule has 1 saturated heterocycles. The number of halogens is 2. The first-order chi connectivity index (χ1) is 13.4. The van der Waals surface area contributed by atoms with Crippen molar-refractivity contribution in [2.24, 2.45) is 5.92 Å². The molecule has 1 aliphatic heterocycles. The van der Waals surface area contributed by atoms with Gasteiger partial charge in [-0.05, 0) is 31.0 Å². The lowest BCUT2D eigenvalue weighted by Gasteiger charge is -2.34. The number of anilines is 2. The Labute approximate surface area is 173 Å². The molecule has 1 fully saturated rings. The number of benzene rings is 1. The maximum Gasteiger partial charge on any atom is 0.243 e. The lowest BCUT2D eigenvalue weighted by molar-refractivity contribution is -0.137. The molecule has 2 amide bonds. The van der Waals surface area contributed by atoms with E-state index in [4.69, 9.17) is 23.2 Å². The van der Waals surface area contributed by atoms with E-state index in [9.17, 15) is 9.59 Å². The fourth-order valence-electron chi connectivity index (χ4n) is 3.22. The van der Waals surface area contributed by atoms with E-state index in [-0.39, 0.29) is 24.3 Å². The van der Waals surface area contributed by atoms with E-state index in [1.54, 1.807) is 43.8 Å². The van der Waals surface area contributed by atoms with E-state index in [0.29, 0.717) is 22.3 Å². The Hall–Kier alpha value is -2.38. The van der Waals surface area contributed by atoms with Crippen LogP contribution >= 0.6 is 23.2 Å². The third kappa shape index (κ3) is 5.11. The fraction of sp³-hybridized carbons (Fsp3) is 0.368. The van der Waals surface area contributed by atoms with Crippen molar-refractivity contribution in [3.05, 3.63) is 46.8 Å². The van der Waals surface area contributed by atoms with Crippen LogP contribution in [-0.2, 0) is 9.59 Å². The van der Waals surface area contributed by atoms with Crippen molar-refractivity contribution in [2.75, 3.05) is 36.9 Å². The van der Waals surface area contributed by atoms with E-state index < -0.39 is 0 Å². The zero-order valence-corrected chi connectivity index (χ0v) is 17.0. The molecule has 1 atom stereocenters. The van der Waals surface area contributed by atoms with Crippen LogP contribution in [0, 0.1) is 5.92 Å². The molecule has 1 aromatic heterocycles. The molecule has 0 spiro atoms. The van der Waals surface area contributed by atoms with Gasteiger partial charge in [0.15, 0.2) is 0 Å². The molecule has 0 aliphatic carbocycles. The minimum atomic E-state index is -0.296. The van der Waals surface area contributed by atoms with Gasteiger partial charge in [0.05, 0.1) is 28.7 Å². The molecule has 9 heteroatoms. The highest BCUT2D eigenvalue weighted by atomic mass is 35.5. The highest BCUT2D eigenvalue weighted by Crippen LogP contribution is 2.25. The van der Waals surface area contributed by atoms with Gasteiger partial charge in [-0.15, -0.1) is 0 Å². The molecule has 0 bridgehead atoms. The van der Waals surface area contributed by atoms with Crippen LogP contribution in [0.4, 0.5) is 11.5 Å². The summed E-state index contributed by atoms with van der Waals surface area (Å²) < 4.78 is 0. The number of carbonyl (C=O) groups is 2. The summed E-state index contributed by atoms with van der Waals surface area (Å²) in [6, 6.07) is 4.84. The largest absolute Gasteiger partial charge is 0.355 e. The average Bonchev–Trinajstić information content (AvgIpc) is 2.71. The predicted molar refractivity (Wildman–Crippen MR) is 110 cm³/mol. The first kappa shape index (κ1) is 20.4. The second-order valence-electron chi connectivity index (χ2n) is 6.72. The Bertz CT molecular complexity index is 849. The number of likely N-dealkylation sites (N-methyl/N-ethyl adjacent to an activating group) is 1. The Morgan fingerprint density at radius 2 is 2.11 bits per heavy atom. The van der Waals surface area contributed by atoms with Crippen molar-refractivity contribution >= 4 is 46.5 Å². The van der Waals surface area contributed by atoms with Gasteiger partial charge in [0.1, 0.15) is 5.82 Å². The maximum absolute atomic E-state index is 12.8. The van der Waals surface area contributed by atoms with Gasteiger partial charge in [-0.3, -0.25) is 14.6 Å². The zero-order chi connectivity index (χ0) is 20.1. The van der Waals surface area contributed by atoms with Gasteiger partial charge in [-0.2, -0.15) is 0 Å². The van der Waals surface area contributed by atoms with Gasteiger partial charge < -0.3 is 15.1 Å². The summed E-state index contributed by atoms with van der Waals surface area (Å²) in [7, 11) is 1.64. The van der Waals surface area contributed by atoms with Gasteiger partial charge in [0.25, 0.3) is 0 Å². The molecule has 2 heterocycles. The molecule has 3 rings (SSSR count). The second kappa shape index (κ2) is 9.21. The molecular weight excluding hydrogens is 401 g/mol. The van der Waals surface area contributed by atoms with Gasteiger partial charge in [-0.25, -0.2) is 4.98 Å². The van der Waals surface area contributed by atoms with Crippen molar-refractivity contribution in [1.29, 1.82) is 0 Å². The summed E-state index contributed by atoms with van der Waals surface area (Å²) >= 11 is 11.8. The van der Waals surface area contributed by atoms with Crippen molar-refractivity contribution in [2.45, 2.75) is 12.8 Å². The van der Waals surface area contributed by atoms with Gasteiger partial charge in [0, 0.05) is 38.2 Å². The van der Waals surface area contributed by atoms with Crippen LogP contribution in [-0.4, -0.2) is 53.4 Å². The van der Waals surface area contributed by atoms with Crippen molar-refractivity contribution in [3.8, 4) is 0 Å². The number of nitrogens with one attached hydrogen (secondary N) is 1. The van der Waals surface area contributed by atoms with E-state index in [2.05, 4.69) is 20.2 Å². The van der Waals surface area contributed by atoms with Gasteiger partial charge >= 0.3 is 0 Å². The average molecular weight is 422 g/mol. The molecule has 0 radical (unpaired) electrons. The molecule has 1 aromatic carbocycles. The van der Waals surface area contributed by atoms with E-state index in [1.807, 2.05) is 0 Å². The monoisotopic (exact) mass is 421 g/mol. The number of aromatic nitrogens is 2. The SMILES string of the molecule is CN(CC(=O)Nc1ccc(Cl)c(Cl)c1)C(=O)[C@@H]1CCCN(c2cnccn2)C1. The Balaban J connectivity index is 1.56. The Kier molecular flexibility index (Phi) is 6.70. The van der Waals surface area contributed by atoms with Crippen LogP contribution < -0.4 is 10.2 Å². The van der Waals surface area contributed by atoms with Crippen LogP contribution in [0.3, 0.4) is 0 Å². The number of hydrogen-bond acceptors (Lipinski definition) is 5. The second-order valence-corrected chi connectivity index (χ2v) is 7.53. The standard InChI is InChI=1S/C19H21Cl2N5O2/c1-25(12-18(27)24-14-4-5-15(20)16(21)9-14)19(28)13-3-2-8-26(11-13)17-10-22-6-7-23-17/h4-7,9-10,13H,2-3,8,11-12H2,1H3,(H,24,27)/t13-/m1/s1. The van der Waals surface area contributed by atoms with E-state index in [0.717, 1.165) is 25.2 Å². The molecule has 2 aromatic rings. The number of rotatable bonds is 5. The molecule has 28 heavy (non-hydrogen) atoms. The molecular formula is C19H21Cl2N5O2. The number of hydrogen-bond donors (Lipinski definition) is 1. The maximum atomic E-state index is 12.8. The Morgan fingerprint density at radius 3 is 2.82 bits per heavy atom. The number of amides is 2. The minimum Gasteiger partial charge on any atom is -0.355 e. The highest BCUT2D eigenvalue weighted by molar-refractivity contribution is 6.42. The Morgan fingerprint density at radius 1 is 1.29 bits per heavy atom. The van der Waals surface area contributed by atoms with E-state index >= 15 is 0 Å². The third-order valence-corrected chi connectivity index (χ3v) is 5.34. The van der Waals surface area contributed by atoms with Crippen LogP contribution in [0.1, 0.15) is 12.8 Å². The fourth-order valence-corrected chi connectivity index (χ4v) is 3.52. The normalized spacial score (nSPS) is 16.5. The first-order valence-electron chi connectivity index (χ1n) is 8.95. The third-order valence-electron chi connectivity index (χ3n) is 4.60. The molecule has 7 nitrogen and oxygen atoms in total. The molecule has 0 unspecified atom stereocenters. The summed E-state index contributed by atoms with van der Waals surface area (Å²) in [5.41, 5.74) is 0.534. The lowest BCUT2D eigenvalue weighted by Crippen LogP contribution is -2.45. The molecule has 0 saturated carbocycles. The quantitative estimate of drug-likeness (QED) is 0.801. The van der Waals surface area contributed by atoms with Crippen molar-refractivity contribution in [3.63, 3.8) is 0 Å². The zero-order valence-electron chi connectivity index (χ0n) is 15.4. The number of piperidine rings is 1. The van der Waals surface area contributed by atoms with E-state index in [1.165, 1.54) is 4.90 Å². The molecule has 148 valence electrons. The van der Waals surface area contributed by atoms with Crippen LogP contribution in [0.2, 0.25) is 10.0 Å². The summed E-state index contributed by atoms with van der Waals surface area (Å²) in [5.74, 6) is 0.229. The van der Waals surface area contributed by atoms with Crippen LogP contribution in [0.15, 0.2) is 36.8 Å². The lowest BCUT2D eigenvalue weighted by atomic mass is 9.96. The smallest absolute Gasteiger partial charge is 0.243 e. The summed E-state index contributed by atoms with van der Waals surface area (Å²) in [6.45, 7) is 1.36. The highest BCUT2D eigenvalue weighted by Gasteiger charge is 2.29. The van der Waals surface area contributed by atoms with Crippen LogP contribution in [0.25, 0.3) is 0 Å². The predicted octanol–water partition coefficient (Wildman–Crippen LogP) is 3.10. The van der Waals surface area contributed by atoms with Gasteiger partial charge in [-0.1, -0.05) is 23.2 Å². The van der Waals surface area contributed by atoms with Crippen molar-refractivity contribution in [1.82, 2.24) is 14.9 Å². The van der Waals surface area contributed by atoms with Gasteiger partial charge in [0.2, 0.25) is 11.8 Å². The van der Waals surface area contributed by atoms with Crippen LogP contribution in [0.5, 0.6) is 0 Å². The van der Waals surface area contributed by atoms with Crippen molar-refractivity contribution < 1.29 is 9.59 Å². The number of carbonyl (C=O) groups excluding carboxylic acids is 2. The summed E-state index contributed by atoms with van der Waals surface area (Å²) in [5, 5.41) is 3.50. The summed E-state index contributed by atoms with van der Waals surface area (Å²) in [4.78, 5) is 37.0. The molecule has 1 N–H and O–H groups in total. The topological polar surface area (TPSA) is 78.4 Å². The molecule has 1 aliphatic rings. The minimum absolute atomic E-state index is 0.0410.